The largest absolute Gasteiger partial charge is 0.372 e. The molecule has 2 aliphatic heterocycles. The van der Waals surface area contributed by atoms with Crippen LogP contribution >= 0.6 is 0 Å². The maximum atomic E-state index is 2.60. The summed E-state index contributed by atoms with van der Waals surface area (Å²) in [5, 5.41) is 0. The van der Waals surface area contributed by atoms with E-state index in [1.54, 1.807) is 0 Å². The van der Waals surface area contributed by atoms with Crippen LogP contribution in [0.3, 0.4) is 0 Å². The van der Waals surface area contributed by atoms with Crippen LogP contribution < -0.4 is 4.90 Å². The molecule has 0 aliphatic carbocycles. The van der Waals surface area contributed by atoms with Crippen LogP contribution in [0.15, 0.2) is 48.5 Å². The second kappa shape index (κ2) is 7.61. The summed E-state index contributed by atoms with van der Waals surface area (Å²) >= 11 is 0. The first kappa shape index (κ1) is 16.7. The van der Waals surface area contributed by atoms with Crippen LogP contribution in [0.25, 0.3) is 11.1 Å². The van der Waals surface area contributed by atoms with Gasteiger partial charge in [0.1, 0.15) is 0 Å². The van der Waals surface area contributed by atoms with Crippen LogP contribution in [0.5, 0.6) is 0 Å². The van der Waals surface area contributed by atoms with Crippen molar-refractivity contribution in [2.24, 2.45) is 0 Å². The average Bonchev–Trinajstić information content (AvgIpc) is 3.23. The van der Waals surface area contributed by atoms with Crippen LogP contribution in [0.2, 0.25) is 0 Å². The Balaban J connectivity index is 1.46. The van der Waals surface area contributed by atoms with Gasteiger partial charge in [-0.2, -0.15) is 0 Å². The zero-order chi connectivity index (χ0) is 17.1. The Kier molecular flexibility index (Phi) is 5.07. The van der Waals surface area contributed by atoms with Gasteiger partial charge in [0.05, 0.1) is 0 Å². The molecule has 132 valence electrons. The zero-order valence-electron chi connectivity index (χ0n) is 15.5. The van der Waals surface area contributed by atoms with Gasteiger partial charge >= 0.3 is 0 Å². The molecule has 2 nitrogen and oxygen atoms in total. The number of piperidine rings is 1. The molecular weight excluding hydrogens is 304 g/mol. The molecule has 0 radical (unpaired) electrons. The van der Waals surface area contributed by atoms with E-state index >= 15 is 0 Å². The lowest BCUT2D eigenvalue weighted by molar-refractivity contribution is 0.263. The Hall–Kier alpha value is -1.80. The highest BCUT2D eigenvalue weighted by atomic mass is 15.2. The van der Waals surface area contributed by atoms with Crippen molar-refractivity contribution in [3.05, 3.63) is 54.1 Å². The summed E-state index contributed by atoms with van der Waals surface area (Å²) in [7, 11) is 0. The first-order valence-electron chi connectivity index (χ1n) is 10.0. The Morgan fingerprint density at radius 3 is 1.76 bits per heavy atom. The highest BCUT2D eigenvalue weighted by Gasteiger charge is 2.19. The molecule has 2 heterocycles. The van der Waals surface area contributed by atoms with Gasteiger partial charge < -0.3 is 4.90 Å². The third kappa shape index (κ3) is 3.74. The normalized spacial score (nSPS) is 20.0. The van der Waals surface area contributed by atoms with Gasteiger partial charge in [0.2, 0.25) is 0 Å². The number of hydrogen-bond donors (Lipinski definition) is 0. The molecule has 1 atom stereocenters. The van der Waals surface area contributed by atoms with Crippen LogP contribution in [0, 0.1) is 0 Å². The number of rotatable bonds is 4. The molecule has 2 heteroatoms. The number of nitrogens with zero attached hydrogens (tertiary/aromatic N) is 2. The number of hydrogen-bond acceptors (Lipinski definition) is 2. The minimum atomic E-state index is 0.540. The summed E-state index contributed by atoms with van der Waals surface area (Å²) < 4.78 is 0. The molecule has 2 fully saturated rings. The third-order valence-electron chi connectivity index (χ3n) is 6.00. The minimum Gasteiger partial charge on any atom is -0.372 e. The Morgan fingerprint density at radius 1 is 0.640 bits per heavy atom. The molecule has 1 unspecified atom stereocenters. The maximum Gasteiger partial charge on any atom is 0.0366 e. The first-order chi connectivity index (χ1) is 12.3. The topological polar surface area (TPSA) is 6.48 Å². The van der Waals surface area contributed by atoms with Crippen molar-refractivity contribution >= 4 is 5.69 Å². The van der Waals surface area contributed by atoms with Gasteiger partial charge in [0.25, 0.3) is 0 Å². The summed E-state index contributed by atoms with van der Waals surface area (Å²) in [5.74, 6) is 0. The quantitative estimate of drug-likeness (QED) is 0.728. The fraction of sp³-hybridized carbons (Fsp3) is 0.478. The molecule has 0 saturated carbocycles. The summed E-state index contributed by atoms with van der Waals surface area (Å²) in [6.45, 7) is 7.26. The molecule has 0 bridgehead atoms. The van der Waals surface area contributed by atoms with E-state index in [2.05, 4.69) is 65.3 Å². The van der Waals surface area contributed by atoms with E-state index in [0.717, 1.165) is 0 Å². The average molecular weight is 335 g/mol. The highest BCUT2D eigenvalue weighted by Crippen LogP contribution is 2.28. The van der Waals surface area contributed by atoms with Crippen molar-refractivity contribution in [1.82, 2.24) is 4.90 Å². The molecule has 4 rings (SSSR count). The van der Waals surface area contributed by atoms with E-state index in [4.69, 9.17) is 0 Å². The number of benzene rings is 2. The van der Waals surface area contributed by atoms with Gasteiger partial charge in [-0.3, -0.25) is 4.90 Å². The Morgan fingerprint density at radius 2 is 1.16 bits per heavy atom. The lowest BCUT2D eigenvalue weighted by Crippen LogP contribution is -2.29. The van der Waals surface area contributed by atoms with Gasteiger partial charge in [-0.1, -0.05) is 36.4 Å². The Labute approximate surface area is 152 Å². The monoisotopic (exact) mass is 334 g/mol. The molecule has 0 spiro atoms. The van der Waals surface area contributed by atoms with E-state index < -0.39 is 0 Å². The van der Waals surface area contributed by atoms with Gasteiger partial charge in [-0.25, -0.2) is 0 Å². The van der Waals surface area contributed by atoms with E-state index in [1.165, 1.54) is 80.7 Å². The standard InChI is InChI=1S/C23H30N2/c1-19(24-15-5-6-16-24)20-7-9-21(10-8-20)22-11-13-23(14-12-22)25-17-3-2-4-18-25/h7-14,19H,2-6,15-18H2,1H3. The second-order valence-corrected chi connectivity index (χ2v) is 7.64. The lowest BCUT2D eigenvalue weighted by Gasteiger charge is -2.28. The molecular formula is C23H30N2. The van der Waals surface area contributed by atoms with Crippen molar-refractivity contribution in [3.8, 4) is 11.1 Å². The van der Waals surface area contributed by atoms with Gasteiger partial charge in [0.15, 0.2) is 0 Å². The van der Waals surface area contributed by atoms with Gasteiger partial charge in [-0.15, -0.1) is 0 Å². The van der Waals surface area contributed by atoms with Crippen molar-refractivity contribution in [2.75, 3.05) is 31.1 Å². The van der Waals surface area contributed by atoms with Crippen LogP contribution in [0.4, 0.5) is 5.69 Å². The molecule has 0 amide bonds. The zero-order valence-corrected chi connectivity index (χ0v) is 15.5. The van der Waals surface area contributed by atoms with E-state index in [1.807, 2.05) is 0 Å². The van der Waals surface area contributed by atoms with Crippen LogP contribution in [0.1, 0.15) is 50.6 Å². The smallest absolute Gasteiger partial charge is 0.0366 e. The van der Waals surface area contributed by atoms with Crippen molar-refractivity contribution < 1.29 is 0 Å². The van der Waals surface area contributed by atoms with Crippen LogP contribution in [-0.2, 0) is 0 Å². The van der Waals surface area contributed by atoms with Crippen LogP contribution in [-0.4, -0.2) is 31.1 Å². The Bertz CT molecular complexity index is 662. The first-order valence-corrected chi connectivity index (χ1v) is 10.0. The van der Waals surface area contributed by atoms with Crippen molar-refractivity contribution in [2.45, 2.75) is 45.1 Å². The molecule has 0 N–H and O–H groups in total. The predicted molar refractivity (Wildman–Crippen MR) is 107 cm³/mol. The number of anilines is 1. The molecule has 25 heavy (non-hydrogen) atoms. The summed E-state index contributed by atoms with van der Waals surface area (Å²) in [4.78, 5) is 5.12. The molecule has 0 aromatic heterocycles. The fourth-order valence-corrected chi connectivity index (χ4v) is 4.31. The summed E-state index contributed by atoms with van der Waals surface area (Å²) in [6.07, 6.45) is 6.76. The SMILES string of the molecule is CC(c1ccc(-c2ccc(N3CCCCC3)cc2)cc1)N1CCCC1. The fourth-order valence-electron chi connectivity index (χ4n) is 4.31. The maximum absolute atomic E-state index is 2.60. The van der Waals surface area contributed by atoms with E-state index in [9.17, 15) is 0 Å². The summed E-state index contributed by atoms with van der Waals surface area (Å²) in [6, 6.07) is 18.9. The lowest BCUT2D eigenvalue weighted by atomic mass is 10.0. The predicted octanol–water partition coefficient (Wildman–Crippen LogP) is 5.50. The molecule has 2 aromatic carbocycles. The van der Waals surface area contributed by atoms with Crippen molar-refractivity contribution in [1.29, 1.82) is 0 Å². The van der Waals surface area contributed by atoms with Gasteiger partial charge in [-0.05, 0) is 80.9 Å². The highest BCUT2D eigenvalue weighted by molar-refractivity contribution is 5.66. The van der Waals surface area contributed by atoms with Crippen molar-refractivity contribution in [3.63, 3.8) is 0 Å². The number of likely N-dealkylation sites (tertiary alicyclic amines) is 1. The summed E-state index contributed by atoms with van der Waals surface area (Å²) in [5.41, 5.74) is 5.46. The molecule has 2 aliphatic rings. The molecule has 2 aromatic rings. The van der Waals surface area contributed by atoms with E-state index in [0.29, 0.717) is 6.04 Å². The molecule has 2 saturated heterocycles. The minimum absolute atomic E-state index is 0.540. The van der Waals surface area contributed by atoms with Gasteiger partial charge in [0, 0.05) is 24.8 Å². The third-order valence-corrected chi connectivity index (χ3v) is 6.00. The second-order valence-electron chi connectivity index (χ2n) is 7.64. The van der Waals surface area contributed by atoms with E-state index in [-0.39, 0.29) is 0 Å².